The maximum atomic E-state index is 13.7. The largest absolute Gasteiger partial charge is 0.294 e. The quantitative estimate of drug-likeness (QED) is 0.803. The average molecular weight is 278 g/mol. The molecule has 1 aromatic carbocycles. The SMILES string of the molecule is CCC(=O)c1c(C)nn(Cc2ccc(F)cc2F)c1C. The highest BCUT2D eigenvalue weighted by molar-refractivity contribution is 5.97. The minimum Gasteiger partial charge on any atom is -0.294 e. The van der Waals surface area contributed by atoms with Crippen molar-refractivity contribution < 1.29 is 13.6 Å². The number of rotatable bonds is 4. The van der Waals surface area contributed by atoms with E-state index in [0.29, 0.717) is 28.9 Å². The van der Waals surface area contributed by atoms with Crippen LogP contribution >= 0.6 is 0 Å². The van der Waals surface area contributed by atoms with Gasteiger partial charge < -0.3 is 0 Å². The second-order valence-corrected chi connectivity index (χ2v) is 4.72. The molecule has 0 atom stereocenters. The maximum Gasteiger partial charge on any atom is 0.166 e. The van der Waals surface area contributed by atoms with Gasteiger partial charge in [-0.3, -0.25) is 9.48 Å². The van der Waals surface area contributed by atoms with E-state index in [1.807, 2.05) is 0 Å². The van der Waals surface area contributed by atoms with Crippen molar-refractivity contribution in [1.29, 1.82) is 0 Å². The molecule has 0 aliphatic rings. The van der Waals surface area contributed by atoms with E-state index in [4.69, 9.17) is 0 Å². The number of aryl methyl sites for hydroxylation is 1. The van der Waals surface area contributed by atoms with E-state index in [9.17, 15) is 13.6 Å². The average Bonchev–Trinajstić information content (AvgIpc) is 2.67. The van der Waals surface area contributed by atoms with Crippen LogP contribution in [-0.2, 0) is 6.54 Å². The van der Waals surface area contributed by atoms with Gasteiger partial charge in [-0.05, 0) is 19.9 Å². The molecule has 5 heteroatoms. The van der Waals surface area contributed by atoms with Crippen molar-refractivity contribution in [2.45, 2.75) is 33.7 Å². The van der Waals surface area contributed by atoms with Gasteiger partial charge in [0.1, 0.15) is 11.6 Å². The lowest BCUT2D eigenvalue weighted by molar-refractivity contribution is 0.0987. The highest BCUT2D eigenvalue weighted by Gasteiger charge is 2.17. The standard InChI is InChI=1S/C15H16F2N2O/c1-4-14(20)15-9(2)18-19(10(15)3)8-11-5-6-12(16)7-13(11)17/h5-7H,4,8H2,1-3H3. The summed E-state index contributed by atoms with van der Waals surface area (Å²) in [4.78, 5) is 11.9. The lowest BCUT2D eigenvalue weighted by atomic mass is 10.1. The maximum absolute atomic E-state index is 13.7. The van der Waals surface area contributed by atoms with Crippen molar-refractivity contribution in [3.05, 3.63) is 52.3 Å². The van der Waals surface area contributed by atoms with Crippen LogP contribution in [0.25, 0.3) is 0 Å². The molecule has 20 heavy (non-hydrogen) atoms. The summed E-state index contributed by atoms with van der Waals surface area (Å²) in [7, 11) is 0. The fraction of sp³-hybridized carbons (Fsp3) is 0.333. The van der Waals surface area contributed by atoms with Crippen LogP contribution in [0, 0.1) is 25.5 Å². The molecule has 2 aromatic rings. The third-order valence-electron chi connectivity index (χ3n) is 3.32. The molecule has 0 saturated carbocycles. The molecule has 0 aliphatic heterocycles. The molecule has 0 spiro atoms. The van der Waals surface area contributed by atoms with Crippen molar-refractivity contribution >= 4 is 5.78 Å². The third-order valence-corrected chi connectivity index (χ3v) is 3.32. The Morgan fingerprint density at radius 2 is 2.00 bits per heavy atom. The van der Waals surface area contributed by atoms with E-state index in [1.54, 1.807) is 25.5 Å². The van der Waals surface area contributed by atoms with E-state index >= 15 is 0 Å². The lowest BCUT2D eigenvalue weighted by Gasteiger charge is -2.06. The summed E-state index contributed by atoms with van der Waals surface area (Å²) in [6.45, 7) is 5.51. The molecule has 106 valence electrons. The fourth-order valence-electron chi connectivity index (χ4n) is 2.24. The predicted molar refractivity (Wildman–Crippen MR) is 71.8 cm³/mol. The molecule has 0 saturated heterocycles. The molecule has 1 heterocycles. The second kappa shape index (κ2) is 5.53. The van der Waals surface area contributed by atoms with Gasteiger partial charge in [-0.2, -0.15) is 5.10 Å². The van der Waals surface area contributed by atoms with Gasteiger partial charge in [0.25, 0.3) is 0 Å². The van der Waals surface area contributed by atoms with Crippen molar-refractivity contribution in [2.24, 2.45) is 0 Å². The summed E-state index contributed by atoms with van der Waals surface area (Å²) in [5.74, 6) is -1.20. The van der Waals surface area contributed by atoms with Crippen LogP contribution in [0.1, 0.15) is 40.7 Å². The molecule has 0 radical (unpaired) electrons. The number of benzene rings is 1. The van der Waals surface area contributed by atoms with Gasteiger partial charge in [0.2, 0.25) is 0 Å². The first kappa shape index (κ1) is 14.4. The minimum absolute atomic E-state index is 0.0193. The van der Waals surface area contributed by atoms with Crippen LogP contribution in [0.2, 0.25) is 0 Å². The van der Waals surface area contributed by atoms with Crippen LogP contribution in [0.3, 0.4) is 0 Å². The summed E-state index contributed by atoms with van der Waals surface area (Å²) < 4.78 is 28.1. The third kappa shape index (κ3) is 2.61. The summed E-state index contributed by atoms with van der Waals surface area (Å²) in [6, 6.07) is 3.45. The first-order valence-electron chi connectivity index (χ1n) is 6.45. The molecule has 0 unspecified atom stereocenters. The van der Waals surface area contributed by atoms with Gasteiger partial charge in [0.15, 0.2) is 5.78 Å². The van der Waals surface area contributed by atoms with Gasteiger partial charge in [-0.15, -0.1) is 0 Å². The summed E-state index contributed by atoms with van der Waals surface area (Å²) >= 11 is 0. The van der Waals surface area contributed by atoms with Crippen molar-refractivity contribution in [3.8, 4) is 0 Å². The zero-order chi connectivity index (χ0) is 14.9. The van der Waals surface area contributed by atoms with Crippen LogP contribution < -0.4 is 0 Å². The normalized spacial score (nSPS) is 10.8. The topological polar surface area (TPSA) is 34.9 Å². The van der Waals surface area contributed by atoms with E-state index in [2.05, 4.69) is 5.10 Å². The molecule has 2 rings (SSSR count). The molecule has 0 N–H and O–H groups in total. The van der Waals surface area contributed by atoms with Crippen molar-refractivity contribution in [2.75, 3.05) is 0 Å². The smallest absolute Gasteiger partial charge is 0.166 e. The highest BCUT2D eigenvalue weighted by atomic mass is 19.1. The summed E-state index contributed by atoms with van der Waals surface area (Å²) in [5.41, 5.74) is 2.28. The van der Waals surface area contributed by atoms with Crippen LogP contribution in [0.4, 0.5) is 8.78 Å². The Labute approximate surface area is 116 Å². The van der Waals surface area contributed by atoms with E-state index in [1.165, 1.54) is 12.1 Å². The number of carbonyl (C=O) groups excluding carboxylic acids is 1. The number of Topliss-reactive ketones (excluding diaryl/α,β-unsaturated/α-hetero) is 1. The Bertz CT molecular complexity index is 662. The molecule has 0 aliphatic carbocycles. The van der Waals surface area contributed by atoms with Gasteiger partial charge in [-0.1, -0.05) is 13.0 Å². The van der Waals surface area contributed by atoms with Crippen LogP contribution in [0.5, 0.6) is 0 Å². The Morgan fingerprint density at radius 3 is 2.60 bits per heavy atom. The monoisotopic (exact) mass is 278 g/mol. The molecule has 3 nitrogen and oxygen atoms in total. The number of nitrogens with zero attached hydrogens (tertiary/aromatic N) is 2. The molecule has 0 bridgehead atoms. The first-order valence-corrected chi connectivity index (χ1v) is 6.45. The van der Waals surface area contributed by atoms with Gasteiger partial charge in [-0.25, -0.2) is 8.78 Å². The van der Waals surface area contributed by atoms with E-state index < -0.39 is 11.6 Å². The molecule has 0 amide bonds. The van der Waals surface area contributed by atoms with E-state index in [0.717, 1.165) is 6.07 Å². The number of aromatic nitrogens is 2. The Kier molecular flexibility index (Phi) is 3.97. The Hall–Kier alpha value is -2.04. The van der Waals surface area contributed by atoms with Crippen molar-refractivity contribution in [1.82, 2.24) is 9.78 Å². The summed E-state index contributed by atoms with van der Waals surface area (Å²) in [6.07, 6.45) is 0.401. The zero-order valence-electron chi connectivity index (χ0n) is 11.7. The first-order chi connectivity index (χ1) is 9.43. The highest BCUT2D eigenvalue weighted by Crippen LogP contribution is 2.18. The van der Waals surface area contributed by atoms with Gasteiger partial charge in [0.05, 0.1) is 17.8 Å². The second-order valence-electron chi connectivity index (χ2n) is 4.72. The number of hydrogen-bond donors (Lipinski definition) is 0. The molecule has 0 fully saturated rings. The predicted octanol–water partition coefficient (Wildman–Crippen LogP) is 3.42. The molecular weight excluding hydrogens is 262 g/mol. The zero-order valence-corrected chi connectivity index (χ0v) is 11.7. The number of halogens is 2. The Morgan fingerprint density at radius 1 is 1.30 bits per heavy atom. The van der Waals surface area contributed by atoms with Gasteiger partial charge >= 0.3 is 0 Å². The van der Waals surface area contributed by atoms with Crippen LogP contribution in [-0.4, -0.2) is 15.6 Å². The fourth-order valence-corrected chi connectivity index (χ4v) is 2.24. The van der Waals surface area contributed by atoms with Crippen LogP contribution in [0.15, 0.2) is 18.2 Å². The van der Waals surface area contributed by atoms with E-state index in [-0.39, 0.29) is 12.3 Å². The Balaban J connectivity index is 2.37. The number of ketones is 1. The minimum atomic E-state index is -0.610. The van der Waals surface area contributed by atoms with Crippen molar-refractivity contribution in [3.63, 3.8) is 0 Å². The molecule has 1 aromatic heterocycles. The summed E-state index contributed by atoms with van der Waals surface area (Å²) in [5, 5.41) is 4.27. The molecular formula is C15H16F2N2O. The van der Waals surface area contributed by atoms with Gasteiger partial charge in [0, 0.05) is 23.7 Å². The number of hydrogen-bond acceptors (Lipinski definition) is 2. The lowest BCUT2D eigenvalue weighted by Crippen LogP contribution is -2.07. The number of carbonyl (C=O) groups is 1.